The van der Waals surface area contributed by atoms with Crippen molar-refractivity contribution in [2.45, 2.75) is 18.9 Å². The Balaban J connectivity index is 2.31. The molecule has 0 aliphatic heterocycles. The highest BCUT2D eigenvalue weighted by molar-refractivity contribution is 5.52. The molecule has 0 fully saturated rings. The van der Waals surface area contributed by atoms with E-state index in [1.54, 1.807) is 24.3 Å². The van der Waals surface area contributed by atoms with E-state index in [-0.39, 0.29) is 5.82 Å². The van der Waals surface area contributed by atoms with E-state index in [1.807, 2.05) is 37.3 Å². The Morgan fingerprint density at radius 3 is 2.29 bits per heavy atom. The molecular weight excluding hydrogens is 263 g/mol. The number of hydrogen-bond acceptors (Lipinski definition) is 1. The summed E-state index contributed by atoms with van der Waals surface area (Å²) in [6, 6.07) is 13.9. The first-order chi connectivity index (χ1) is 10.0. The summed E-state index contributed by atoms with van der Waals surface area (Å²) in [5.41, 5.74) is 1.66. The molecule has 0 aliphatic rings. The highest BCUT2D eigenvalue weighted by Crippen LogP contribution is 2.28. The van der Waals surface area contributed by atoms with E-state index in [4.69, 9.17) is 0 Å². The SMILES string of the molecule is C=CCC(O)(/C=C/c1ccc(C)cc1)c1ccc(F)cc1. The van der Waals surface area contributed by atoms with Crippen LogP contribution in [0.25, 0.3) is 6.08 Å². The molecule has 0 bridgehead atoms. The second-order valence-corrected chi connectivity index (χ2v) is 5.17. The standard InChI is InChI=1S/C19H19FO/c1-3-13-19(21,17-8-10-18(20)11-9-17)14-12-16-6-4-15(2)5-7-16/h3-12,14,21H,1,13H2,2H3/b14-12+. The van der Waals surface area contributed by atoms with Gasteiger partial charge in [-0.05, 0) is 36.3 Å². The maximum Gasteiger partial charge on any atom is 0.123 e. The van der Waals surface area contributed by atoms with Gasteiger partial charge in [0.2, 0.25) is 0 Å². The lowest BCUT2D eigenvalue weighted by Crippen LogP contribution is -2.21. The van der Waals surface area contributed by atoms with Crippen LogP contribution in [-0.2, 0) is 5.60 Å². The Hall–Kier alpha value is -2.19. The molecule has 2 rings (SSSR count). The zero-order valence-electron chi connectivity index (χ0n) is 12.1. The third kappa shape index (κ3) is 3.89. The van der Waals surface area contributed by atoms with Gasteiger partial charge in [-0.3, -0.25) is 0 Å². The normalized spacial score (nSPS) is 14.0. The van der Waals surface area contributed by atoms with Crippen LogP contribution in [0.3, 0.4) is 0 Å². The number of aryl methyl sites for hydroxylation is 1. The molecule has 1 N–H and O–H groups in total. The molecular formula is C19H19FO. The molecule has 0 aliphatic carbocycles. The van der Waals surface area contributed by atoms with Gasteiger partial charge in [0.1, 0.15) is 11.4 Å². The van der Waals surface area contributed by atoms with Gasteiger partial charge >= 0.3 is 0 Å². The van der Waals surface area contributed by atoms with Crippen molar-refractivity contribution >= 4 is 6.08 Å². The van der Waals surface area contributed by atoms with Gasteiger partial charge in [0.25, 0.3) is 0 Å². The summed E-state index contributed by atoms with van der Waals surface area (Å²) in [5.74, 6) is -0.317. The molecule has 1 unspecified atom stereocenters. The van der Waals surface area contributed by atoms with Gasteiger partial charge in [0.15, 0.2) is 0 Å². The van der Waals surface area contributed by atoms with Gasteiger partial charge in [0.05, 0.1) is 0 Å². The van der Waals surface area contributed by atoms with E-state index in [9.17, 15) is 9.50 Å². The summed E-state index contributed by atoms with van der Waals surface area (Å²) in [7, 11) is 0. The Bertz CT molecular complexity index is 626. The van der Waals surface area contributed by atoms with E-state index in [2.05, 4.69) is 6.58 Å². The molecule has 1 nitrogen and oxygen atoms in total. The maximum absolute atomic E-state index is 13.0. The Kier molecular flexibility index (Phi) is 4.71. The quantitative estimate of drug-likeness (QED) is 0.794. The average molecular weight is 282 g/mol. The van der Waals surface area contributed by atoms with Crippen molar-refractivity contribution in [1.82, 2.24) is 0 Å². The number of halogens is 1. The van der Waals surface area contributed by atoms with Crippen molar-refractivity contribution in [3.8, 4) is 0 Å². The van der Waals surface area contributed by atoms with E-state index >= 15 is 0 Å². The smallest absolute Gasteiger partial charge is 0.123 e. The van der Waals surface area contributed by atoms with E-state index in [0.717, 1.165) is 5.56 Å². The molecule has 0 saturated heterocycles. The second kappa shape index (κ2) is 6.51. The Morgan fingerprint density at radius 1 is 1.10 bits per heavy atom. The van der Waals surface area contributed by atoms with Crippen molar-refractivity contribution in [3.63, 3.8) is 0 Å². The fraction of sp³-hybridized carbons (Fsp3) is 0.158. The van der Waals surface area contributed by atoms with Crippen LogP contribution in [0.4, 0.5) is 4.39 Å². The molecule has 0 heterocycles. The third-order valence-corrected chi connectivity index (χ3v) is 3.43. The zero-order valence-corrected chi connectivity index (χ0v) is 12.1. The van der Waals surface area contributed by atoms with Crippen LogP contribution in [0.1, 0.15) is 23.1 Å². The topological polar surface area (TPSA) is 20.2 Å². The summed E-state index contributed by atoms with van der Waals surface area (Å²) < 4.78 is 13.0. The van der Waals surface area contributed by atoms with Crippen LogP contribution in [0.5, 0.6) is 0 Å². The fourth-order valence-corrected chi connectivity index (χ4v) is 2.15. The molecule has 21 heavy (non-hydrogen) atoms. The van der Waals surface area contributed by atoms with Gasteiger partial charge in [-0.2, -0.15) is 0 Å². The molecule has 1 atom stereocenters. The summed E-state index contributed by atoms with van der Waals surface area (Å²) in [4.78, 5) is 0. The first-order valence-corrected chi connectivity index (χ1v) is 6.89. The monoisotopic (exact) mass is 282 g/mol. The summed E-state index contributed by atoms with van der Waals surface area (Å²) in [5, 5.41) is 10.8. The summed E-state index contributed by atoms with van der Waals surface area (Å²) in [6.07, 6.45) is 5.61. The van der Waals surface area contributed by atoms with Crippen molar-refractivity contribution in [2.24, 2.45) is 0 Å². The van der Waals surface area contributed by atoms with Crippen LogP contribution < -0.4 is 0 Å². The predicted molar refractivity (Wildman–Crippen MR) is 85.3 cm³/mol. The molecule has 108 valence electrons. The van der Waals surface area contributed by atoms with E-state index in [1.165, 1.54) is 17.7 Å². The zero-order chi connectivity index (χ0) is 15.3. The highest BCUT2D eigenvalue weighted by atomic mass is 19.1. The lowest BCUT2D eigenvalue weighted by molar-refractivity contribution is 0.0938. The first kappa shape index (κ1) is 15.2. The van der Waals surface area contributed by atoms with Crippen molar-refractivity contribution in [3.05, 3.63) is 89.8 Å². The van der Waals surface area contributed by atoms with Gasteiger partial charge < -0.3 is 5.11 Å². The number of aliphatic hydroxyl groups is 1. The minimum atomic E-state index is -1.18. The highest BCUT2D eigenvalue weighted by Gasteiger charge is 2.24. The van der Waals surface area contributed by atoms with Gasteiger partial charge in [0, 0.05) is 6.42 Å². The first-order valence-electron chi connectivity index (χ1n) is 6.89. The van der Waals surface area contributed by atoms with Crippen LogP contribution >= 0.6 is 0 Å². The summed E-state index contributed by atoms with van der Waals surface area (Å²) >= 11 is 0. The maximum atomic E-state index is 13.0. The van der Waals surface area contributed by atoms with E-state index < -0.39 is 5.60 Å². The molecule has 0 radical (unpaired) electrons. The largest absolute Gasteiger partial charge is 0.381 e. The fourth-order valence-electron chi connectivity index (χ4n) is 2.15. The second-order valence-electron chi connectivity index (χ2n) is 5.17. The van der Waals surface area contributed by atoms with Crippen LogP contribution in [-0.4, -0.2) is 5.11 Å². The van der Waals surface area contributed by atoms with Gasteiger partial charge in [-0.25, -0.2) is 4.39 Å². The minimum absolute atomic E-state index is 0.317. The summed E-state index contributed by atoms with van der Waals surface area (Å²) in [6.45, 7) is 5.72. The van der Waals surface area contributed by atoms with Crippen molar-refractivity contribution < 1.29 is 9.50 Å². The molecule has 2 heteroatoms. The van der Waals surface area contributed by atoms with Crippen LogP contribution in [0.15, 0.2) is 67.3 Å². The van der Waals surface area contributed by atoms with Gasteiger partial charge in [-0.15, -0.1) is 6.58 Å². The Morgan fingerprint density at radius 2 is 1.71 bits per heavy atom. The minimum Gasteiger partial charge on any atom is -0.381 e. The molecule has 0 saturated carbocycles. The van der Waals surface area contributed by atoms with Crippen molar-refractivity contribution in [1.29, 1.82) is 0 Å². The third-order valence-electron chi connectivity index (χ3n) is 3.43. The van der Waals surface area contributed by atoms with E-state index in [0.29, 0.717) is 12.0 Å². The lowest BCUT2D eigenvalue weighted by Gasteiger charge is -2.24. The Labute approximate surface area is 125 Å². The van der Waals surface area contributed by atoms with Crippen LogP contribution in [0, 0.1) is 12.7 Å². The molecule has 0 spiro atoms. The average Bonchev–Trinajstić information content (AvgIpc) is 2.48. The molecule has 2 aromatic rings. The molecule has 2 aromatic carbocycles. The number of benzene rings is 2. The molecule has 0 amide bonds. The van der Waals surface area contributed by atoms with Crippen molar-refractivity contribution in [2.75, 3.05) is 0 Å². The van der Waals surface area contributed by atoms with Gasteiger partial charge in [-0.1, -0.05) is 54.1 Å². The number of hydrogen-bond donors (Lipinski definition) is 1. The number of rotatable bonds is 5. The predicted octanol–water partition coefficient (Wildman–Crippen LogP) is 4.61. The lowest BCUT2D eigenvalue weighted by atomic mass is 9.89. The van der Waals surface area contributed by atoms with Crippen LogP contribution in [0.2, 0.25) is 0 Å². The molecule has 0 aromatic heterocycles.